The Morgan fingerprint density at radius 1 is 1.29 bits per heavy atom. The number of aliphatic hydroxyl groups excluding tert-OH is 1. The summed E-state index contributed by atoms with van der Waals surface area (Å²) in [4.78, 5) is 23.6. The number of nitrogens with one attached hydrogen (secondary N) is 2. The van der Waals surface area contributed by atoms with Crippen molar-refractivity contribution in [1.29, 1.82) is 0 Å². The zero-order chi connectivity index (χ0) is 17.5. The number of carbonyl (C=O) groups excluding carboxylic acids is 1. The van der Waals surface area contributed by atoms with Gasteiger partial charge in [0.1, 0.15) is 0 Å². The highest BCUT2D eigenvalue weighted by atomic mass is 16.7. The third-order valence-corrected chi connectivity index (χ3v) is 4.27. The zero-order valence-electron chi connectivity index (χ0n) is 14.1. The number of aliphatic hydroxyl groups is 1. The number of carboxylic acid groups (broad SMARTS) is 1. The van der Waals surface area contributed by atoms with Crippen molar-refractivity contribution in [3.05, 3.63) is 0 Å². The number of hydrogen-bond donors (Lipinski definition) is 4. The van der Waals surface area contributed by atoms with Gasteiger partial charge < -0.3 is 30.3 Å². The van der Waals surface area contributed by atoms with Gasteiger partial charge in [0.2, 0.25) is 0 Å². The molecular weight excluding hydrogens is 316 g/mol. The van der Waals surface area contributed by atoms with Gasteiger partial charge in [-0.15, -0.1) is 0 Å². The molecule has 2 fully saturated rings. The molecule has 1 saturated heterocycles. The summed E-state index contributed by atoms with van der Waals surface area (Å²) in [7, 11) is 0. The lowest BCUT2D eigenvalue weighted by Crippen LogP contribution is -2.54. The molecule has 0 spiro atoms. The SMILES string of the molecule is CCCC(NC(=O)O)C(OC1CCCC(CO)O1)C(=O)NC1CC1. The van der Waals surface area contributed by atoms with Gasteiger partial charge in [-0.2, -0.15) is 0 Å². The second kappa shape index (κ2) is 9.19. The second-order valence-corrected chi connectivity index (χ2v) is 6.49. The van der Waals surface area contributed by atoms with E-state index in [0.717, 1.165) is 25.7 Å². The van der Waals surface area contributed by atoms with Crippen LogP contribution in [0, 0.1) is 0 Å². The second-order valence-electron chi connectivity index (χ2n) is 6.49. The van der Waals surface area contributed by atoms with Crippen LogP contribution in [0.25, 0.3) is 0 Å². The molecule has 0 aromatic carbocycles. The lowest BCUT2D eigenvalue weighted by atomic mass is 10.0. The highest BCUT2D eigenvalue weighted by Gasteiger charge is 2.36. The molecule has 2 amide bonds. The van der Waals surface area contributed by atoms with Gasteiger partial charge in [-0.1, -0.05) is 13.3 Å². The minimum atomic E-state index is -1.18. The van der Waals surface area contributed by atoms with Crippen molar-refractivity contribution in [2.75, 3.05) is 6.61 Å². The Morgan fingerprint density at radius 3 is 2.62 bits per heavy atom. The van der Waals surface area contributed by atoms with Crippen molar-refractivity contribution in [2.24, 2.45) is 0 Å². The van der Waals surface area contributed by atoms with Crippen molar-refractivity contribution in [3.8, 4) is 0 Å². The van der Waals surface area contributed by atoms with E-state index >= 15 is 0 Å². The van der Waals surface area contributed by atoms with Gasteiger partial charge in [0, 0.05) is 6.04 Å². The average molecular weight is 344 g/mol. The molecule has 0 radical (unpaired) electrons. The maximum atomic E-state index is 12.5. The molecule has 1 aliphatic heterocycles. The molecule has 8 nitrogen and oxygen atoms in total. The van der Waals surface area contributed by atoms with E-state index in [4.69, 9.17) is 14.6 Å². The first-order valence-corrected chi connectivity index (χ1v) is 8.75. The fraction of sp³-hybridized carbons (Fsp3) is 0.875. The molecule has 2 aliphatic rings. The van der Waals surface area contributed by atoms with E-state index in [0.29, 0.717) is 19.3 Å². The Kier molecular flexibility index (Phi) is 7.26. The highest BCUT2D eigenvalue weighted by molar-refractivity contribution is 5.83. The molecule has 1 aliphatic carbocycles. The lowest BCUT2D eigenvalue weighted by molar-refractivity contribution is -0.224. The number of hydrogen-bond acceptors (Lipinski definition) is 5. The maximum absolute atomic E-state index is 12.5. The molecule has 1 heterocycles. The summed E-state index contributed by atoms with van der Waals surface area (Å²) in [6.07, 6.45) is 2.26. The molecule has 1 saturated carbocycles. The van der Waals surface area contributed by atoms with Crippen LogP contribution in [0.4, 0.5) is 4.79 Å². The van der Waals surface area contributed by atoms with Gasteiger partial charge in [0.15, 0.2) is 12.4 Å². The van der Waals surface area contributed by atoms with Crippen molar-refractivity contribution >= 4 is 12.0 Å². The van der Waals surface area contributed by atoms with E-state index < -0.39 is 24.5 Å². The fourth-order valence-corrected chi connectivity index (χ4v) is 2.88. The van der Waals surface area contributed by atoms with Crippen LogP contribution in [0.1, 0.15) is 51.9 Å². The minimum Gasteiger partial charge on any atom is -0.465 e. The topological polar surface area (TPSA) is 117 Å². The third kappa shape index (κ3) is 5.92. The van der Waals surface area contributed by atoms with Gasteiger partial charge >= 0.3 is 6.09 Å². The Labute approximate surface area is 141 Å². The summed E-state index contributed by atoms with van der Waals surface area (Å²) in [5, 5.41) is 23.6. The van der Waals surface area contributed by atoms with Gasteiger partial charge in [0.05, 0.1) is 18.8 Å². The quantitative estimate of drug-likeness (QED) is 0.495. The molecule has 0 bridgehead atoms. The largest absolute Gasteiger partial charge is 0.465 e. The first kappa shape index (κ1) is 19.0. The Hall–Kier alpha value is -1.38. The number of amides is 2. The molecule has 0 aromatic rings. The predicted molar refractivity (Wildman–Crippen MR) is 85.5 cm³/mol. The summed E-state index contributed by atoms with van der Waals surface area (Å²) in [6.45, 7) is 1.83. The van der Waals surface area contributed by atoms with Crippen molar-refractivity contribution in [2.45, 2.75) is 82.5 Å². The van der Waals surface area contributed by atoms with E-state index in [2.05, 4.69) is 10.6 Å². The van der Waals surface area contributed by atoms with Crippen LogP contribution in [-0.2, 0) is 14.3 Å². The van der Waals surface area contributed by atoms with E-state index in [1.165, 1.54) is 0 Å². The highest BCUT2D eigenvalue weighted by Crippen LogP contribution is 2.24. The molecular formula is C16H28N2O6. The smallest absolute Gasteiger partial charge is 0.404 e. The number of rotatable bonds is 9. The molecule has 2 rings (SSSR count). The van der Waals surface area contributed by atoms with E-state index in [1.54, 1.807) is 0 Å². The average Bonchev–Trinajstić information content (AvgIpc) is 3.36. The maximum Gasteiger partial charge on any atom is 0.404 e. The summed E-state index contributed by atoms with van der Waals surface area (Å²) in [6, 6.07) is -0.475. The van der Waals surface area contributed by atoms with Crippen LogP contribution in [0.5, 0.6) is 0 Å². The Balaban J connectivity index is 2.04. The van der Waals surface area contributed by atoms with E-state index in [1.807, 2.05) is 6.92 Å². The van der Waals surface area contributed by atoms with Crippen molar-refractivity contribution in [3.63, 3.8) is 0 Å². The Morgan fingerprint density at radius 2 is 2.04 bits per heavy atom. The predicted octanol–water partition coefficient (Wildman–Crippen LogP) is 0.974. The molecule has 24 heavy (non-hydrogen) atoms. The van der Waals surface area contributed by atoms with Crippen LogP contribution in [0.15, 0.2) is 0 Å². The summed E-state index contributed by atoms with van der Waals surface area (Å²) >= 11 is 0. The van der Waals surface area contributed by atoms with Crippen molar-refractivity contribution < 1.29 is 29.3 Å². The first-order valence-electron chi connectivity index (χ1n) is 8.75. The van der Waals surface area contributed by atoms with Crippen LogP contribution in [-0.4, -0.2) is 59.4 Å². The van der Waals surface area contributed by atoms with E-state index in [-0.39, 0.29) is 24.7 Å². The van der Waals surface area contributed by atoms with Gasteiger partial charge in [0.25, 0.3) is 5.91 Å². The summed E-state index contributed by atoms with van der Waals surface area (Å²) in [5.41, 5.74) is 0. The zero-order valence-corrected chi connectivity index (χ0v) is 14.1. The molecule has 4 unspecified atom stereocenters. The van der Waals surface area contributed by atoms with Crippen LogP contribution >= 0.6 is 0 Å². The standard InChI is InChI=1S/C16H28N2O6/c1-2-4-12(18-16(21)22)14(15(20)17-10-7-8-10)24-13-6-3-5-11(9-19)23-13/h10-14,18-19H,2-9H2,1H3,(H,17,20)(H,21,22). The first-order chi connectivity index (χ1) is 11.5. The third-order valence-electron chi connectivity index (χ3n) is 4.27. The summed E-state index contributed by atoms with van der Waals surface area (Å²) in [5.74, 6) is -0.306. The number of carbonyl (C=O) groups is 2. The van der Waals surface area contributed by atoms with Gasteiger partial charge in [-0.25, -0.2) is 4.79 Å². The molecule has 0 aromatic heterocycles. The van der Waals surface area contributed by atoms with Crippen LogP contribution < -0.4 is 10.6 Å². The number of ether oxygens (including phenoxy) is 2. The Bertz CT molecular complexity index is 429. The molecule has 4 atom stereocenters. The van der Waals surface area contributed by atoms with Crippen LogP contribution in [0.3, 0.4) is 0 Å². The van der Waals surface area contributed by atoms with Crippen LogP contribution in [0.2, 0.25) is 0 Å². The van der Waals surface area contributed by atoms with Gasteiger partial charge in [-0.3, -0.25) is 4.79 Å². The molecule has 4 N–H and O–H groups in total. The molecule has 138 valence electrons. The summed E-state index contributed by atoms with van der Waals surface area (Å²) < 4.78 is 11.5. The monoisotopic (exact) mass is 344 g/mol. The van der Waals surface area contributed by atoms with E-state index in [9.17, 15) is 14.7 Å². The van der Waals surface area contributed by atoms with Crippen molar-refractivity contribution in [1.82, 2.24) is 10.6 Å². The van der Waals surface area contributed by atoms with Gasteiger partial charge in [-0.05, 0) is 38.5 Å². The normalized spacial score (nSPS) is 26.4. The molecule has 8 heteroatoms. The lowest BCUT2D eigenvalue weighted by Gasteiger charge is -2.34. The fourth-order valence-electron chi connectivity index (χ4n) is 2.88. The minimum absolute atomic E-state index is 0.0927.